The molecule has 6 heterocycles. The molecule has 10 atom stereocenters. The first-order valence-corrected chi connectivity index (χ1v) is 30.1. The molecular weight excluding hydrogens is 1160 g/mol. The second-order valence-corrected chi connectivity index (χ2v) is 22.5. The van der Waals surface area contributed by atoms with Crippen LogP contribution in [0, 0.1) is 22.7 Å². The third-order valence-electron chi connectivity index (χ3n) is 14.4. The van der Waals surface area contributed by atoms with Crippen LogP contribution in [0.1, 0.15) is 62.7 Å². The molecule has 4 aromatic heterocycles. The van der Waals surface area contributed by atoms with Gasteiger partial charge in [-0.2, -0.15) is 10.5 Å². The smallest absolute Gasteiger partial charge is 0.347 e. The van der Waals surface area contributed by atoms with Gasteiger partial charge in [0, 0.05) is 24.2 Å². The predicted molar refractivity (Wildman–Crippen MR) is 311 cm³/mol. The number of carbonyl (C=O) groups is 2. The van der Waals surface area contributed by atoms with Crippen LogP contribution in [0.3, 0.4) is 0 Å². The molecule has 444 valence electrons. The molecule has 4 N–H and O–H groups in total. The van der Waals surface area contributed by atoms with Gasteiger partial charge < -0.3 is 29.2 Å². The molecule has 2 saturated heterocycles. The van der Waals surface area contributed by atoms with Crippen molar-refractivity contribution in [3.8, 4) is 12.1 Å². The van der Waals surface area contributed by atoms with Gasteiger partial charge in [0.15, 0.2) is 58.8 Å². The summed E-state index contributed by atoms with van der Waals surface area (Å²) in [4.78, 5) is 52.6. The van der Waals surface area contributed by atoms with Crippen molar-refractivity contribution in [2.75, 3.05) is 36.9 Å². The molecule has 5 aromatic carbocycles. The zero-order valence-corrected chi connectivity index (χ0v) is 47.8. The van der Waals surface area contributed by atoms with Gasteiger partial charge in [-0.05, 0) is 41.0 Å². The summed E-state index contributed by atoms with van der Waals surface area (Å²) < 4.78 is 103. The summed E-state index contributed by atoms with van der Waals surface area (Å²) in [6.45, 7) is -1.72. The van der Waals surface area contributed by atoms with E-state index in [2.05, 4.69) is 50.9 Å². The summed E-state index contributed by atoms with van der Waals surface area (Å²) in [5.74, 6) is -0.998. The molecule has 2 unspecified atom stereocenters. The van der Waals surface area contributed by atoms with Crippen LogP contribution < -0.4 is 21.0 Å². The number of anilines is 2. The number of fused-ring (bicyclic) bond motifs is 2. The summed E-state index contributed by atoms with van der Waals surface area (Å²) in [6, 6.07) is 49.1. The average molecular weight is 1220 g/mol. The number of carbonyl (C=O) groups excluding carboxylic acids is 2. The summed E-state index contributed by atoms with van der Waals surface area (Å²) >= 11 is 0. The fourth-order valence-electron chi connectivity index (χ4n) is 10.4. The molecule has 11 rings (SSSR count). The number of benzene rings is 5. The number of imidazole rings is 2. The van der Waals surface area contributed by atoms with E-state index < -0.39 is 95.7 Å². The van der Waals surface area contributed by atoms with Crippen molar-refractivity contribution in [1.29, 1.82) is 10.5 Å². The van der Waals surface area contributed by atoms with Crippen LogP contribution >= 0.6 is 16.0 Å². The van der Waals surface area contributed by atoms with Crippen molar-refractivity contribution in [3.63, 3.8) is 0 Å². The summed E-state index contributed by atoms with van der Waals surface area (Å²) in [5.41, 5.74) is 2.08. The zero-order chi connectivity index (χ0) is 60.3. The quantitative estimate of drug-likeness (QED) is 0.0236. The number of hydrogen-bond acceptors (Lipinski definition) is 19. The molecule has 24 nitrogen and oxygen atoms in total. The molecule has 2 aliphatic heterocycles. The average Bonchev–Trinajstić information content (AvgIpc) is 2.03. The van der Waals surface area contributed by atoms with Gasteiger partial charge in [0.2, 0.25) is 0 Å². The van der Waals surface area contributed by atoms with E-state index >= 15 is 13.3 Å². The standard InChI is InChI=1S/C59H54F2N14O10P2/c60-45-49(84-86(78)80-30-16-28-62)44(83-57(45)74-36-68-47-51(64-34-66-53(47)74)72-55(76)38-18-6-1-7-19-38)33-71-87(79,81-31-17-29-63)85-50-43(32-70-59(40-22-10-3-11-23-40,41-24-12-4-13-25-41)42-26-14-5-15-27-42)82-58(46(50)61)75-37-69-48-52(65-35-67-54(48)75)73-56(77)39-20-8-2-9-21-39/h1-15,18-27,34-37,43-46,49-50,57-58,70,86H,16-17,30-33H2,(H,71,79)(H,64,66,72,76)(H,65,67,73,77)/t43-,44-,45-,46-,49-,50-,57-,58-,87?/m1/s1. The summed E-state index contributed by atoms with van der Waals surface area (Å²) in [5, 5.41) is 30.6. The largest absolute Gasteiger partial charge is 0.406 e. The molecule has 87 heavy (non-hydrogen) atoms. The van der Waals surface area contributed by atoms with Gasteiger partial charge in [-0.25, -0.2) is 48.3 Å². The first-order chi connectivity index (χ1) is 42.5. The maximum Gasteiger partial charge on any atom is 0.406 e. The van der Waals surface area contributed by atoms with E-state index in [1.54, 1.807) is 60.7 Å². The Morgan fingerprint density at radius 3 is 1.52 bits per heavy atom. The van der Waals surface area contributed by atoms with Crippen LogP contribution in [-0.4, -0.2) is 114 Å². The molecule has 2 aliphatic rings. The topological polar surface area (TPSA) is 307 Å². The van der Waals surface area contributed by atoms with Gasteiger partial charge in [0.05, 0.1) is 56.4 Å². The molecule has 0 aliphatic carbocycles. The van der Waals surface area contributed by atoms with Crippen molar-refractivity contribution in [3.05, 3.63) is 205 Å². The molecule has 0 spiro atoms. The highest BCUT2D eigenvalue weighted by Gasteiger charge is 2.53. The Balaban J connectivity index is 0.930. The molecule has 2 fully saturated rings. The first kappa shape index (κ1) is 59.8. The molecule has 2 amide bonds. The number of alkyl halides is 2. The summed E-state index contributed by atoms with van der Waals surface area (Å²) in [7, 11) is -8.52. The van der Waals surface area contributed by atoms with Gasteiger partial charge in [0.1, 0.15) is 37.1 Å². The van der Waals surface area contributed by atoms with Crippen molar-refractivity contribution < 1.29 is 55.1 Å². The number of ether oxygens (including phenoxy) is 2. The lowest BCUT2D eigenvalue weighted by Crippen LogP contribution is -2.50. The van der Waals surface area contributed by atoms with Crippen molar-refractivity contribution in [2.45, 2.75) is 67.6 Å². The number of halogens is 2. The highest BCUT2D eigenvalue weighted by Crippen LogP contribution is 2.51. The number of nitrogens with one attached hydrogen (secondary N) is 4. The van der Waals surface area contributed by atoms with Gasteiger partial charge in [-0.1, -0.05) is 127 Å². The lowest BCUT2D eigenvalue weighted by Gasteiger charge is -2.38. The van der Waals surface area contributed by atoms with Gasteiger partial charge >= 0.3 is 16.0 Å². The Morgan fingerprint density at radius 2 is 1.05 bits per heavy atom. The van der Waals surface area contributed by atoms with E-state index in [0.29, 0.717) is 11.1 Å². The maximum absolute atomic E-state index is 18.2. The first-order valence-electron chi connectivity index (χ1n) is 27.3. The third-order valence-corrected chi connectivity index (χ3v) is 16.9. The second-order valence-electron chi connectivity index (χ2n) is 19.7. The number of amides is 2. The number of nitrogens with zero attached hydrogens (tertiary/aromatic N) is 10. The van der Waals surface area contributed by atoms with Gasteiger partial charge in [-0.15, -0.1) is 0 Å². The molecule has 0 bridgehead atoms. The second kappa shape index (κ2) is 27.2. The predicted octanol–water partition coefficient (Wildman–Crippen LogP) is 8.94. The Labute approximate surface area is 496 Å². The Hall–Kier alpha value is -8.88. The highest BCUT2D eigenvalue weighted by molar-refractivity contribution is 7.51. The fraction of sp³-hybridized carbons (Fsp3) is 0.254. The Morgan fingerprint density at radius 1 is 0.609 bits per heavy atom. The van der Waals surface area contributed by atoms with E-state index in [1.165, 1.54) is 28.1 Å². The molecule has 28 heteroatoms. The van der Waals surface area contributed by atoms with E-state index in [-0.39, 0.29) is 60.0 Å². The normalized spacial score (nSPS) is 21.2. The van der Waals surface area contributed by atoms with Crippen molar-refractivity contribution in [2.24, 2.45) is 0 Å². The number of nitriles is 2. The molecular formula is C59H54F2N14O10P2. The zero-order valence-electron chi connectivity index (χ0n) is 45.9. The minimum absolute atomic E-state index is 0.00525. The third kappa shape index (κ3) is 13.0. The lowest BCUT2D eigenvalue weighted by atomic mass is 9.77. The SMILES string of the molecule is N#CCCO[PH](=O)O[C@H]1[C@@H](F)[C@H](n2cnc3c(NC(=O)c4ccccc4)ncnc32)O[C@@H]1CNP(=O)(OCCC#N)O[C@H]1[C@@H](F)[C@H](n2cnc3c(NC(=O)c4ccccc4)ncnc32)O[C@@H]1CNC(c1ccccc1)(c1ccccc1)c1ccccc1. The van der Waals surface area contributed by atoms with Crippen LogP contribution in [0.25, 0.3) is 22.3 Å². The fourth-order valence-corrected chi connectivity index (χ4v) is 12.7. The van der Waals surface area contributed by atoms with Gasteiger partial charge in [0.25, 0.3) is 11.8 Å². The minimum atomic E-state index is -4.96. The monoisotopic (exact) mass is 1220 g/mol. The maximum atomic E-state index is 18.2. The van der Waals surface area contributed by atoms with E-state index in [4.69, 9.17) is 32.8 Å². The Kier molecular flexibility index (Phi) is 18.7. The van der Waals surface area contributed by atoms with Crippen LogP contribution in [0.2, 0.25) is 0 Å². The van der Waals surface area contributed by atoms with E-state index in [1.807, 2.05) is 103 Å². The number of hydrogen-bond donors (Lipinski definition) is 4. The van der Waals surface area contributed by atoms with Crippen LogP contribution in [-0.2, 0) is 42.2 Å². The lowest BCUT2D eigenvalue weighted by molar-refractivity contribution is -0.0242. The molecule has 0 radical (unpaired) electrons. The van der Waals surface area contributed by atoms with Crippen LogP contribution in [0.4, 0.5) is 20.4 Å². The van der Waals surface area contributed by atoms with Crippen molar-refractivity contribution in [1.82, 2.24) is 49.4 Å². The number of rotatable bonds is 25. The van der Waals surface area contributed by atoms with E-state index in [9.17, 15) is 19.4 Å². The van der Waals surface area contributed by atoms with Crippen molar-refractivity contribution >= 4 is 61.8 Å². The molecule has 9 aromatic rings. The van der Waals surface area contributed by atoms with Gasteiger partial charge in [-0.3, -0.25) is 37.7 Å². The summed E-state index contributed by atoms with van der Waals surface area (Å²) in [6.07, 6.45) is -9.90. The Bertz CT molecular complexity index is 3910. The van der Waals surface area contributed by atoms with E-state index in [0.717, 1.165) is 23.0 Å². The number of aromatic nitrogens is 8. The minimum Gasteiger partial charge on any atom is -0.347 e. The highest BCUT2D eigenvalue weighted by atomic mass is 31.2. The molecule has 0 saturated carbocycles. The van der Waals surface area contributed by atoms with Crippen LogP contribution in [0.5, 0.6) is 0 Å². The van der Waals surface area contributed by atoms with Crippen LogP contribution in [0.15, 0.2) is 177 Å².